The van der Waals surface area contributed by atoms with Crippen molar-refractivity contribution in [2.45, 2.75) is 12.2 Å². The molecule has 7 heteroatoms. The summed E-state index contributed by atoms with van der Waals surface area (Å²) in [5, 5.41) is 10.9. The molecule has 0 unspecified atom stereocenters. The predicted octanol–water partition coefficient (Wildman–Crippen LogP) is 1.03. The first-order valence-electron chi connectivity index (χ1n) is 6.71. The van der Waals surface area contributed by atoms with Crippen molar-refractivity contribution < 1.29 is 13.5 Å². The molecule has 6 nitrogen and oxygen atoms in total. The van der Waals surface area contributed by atoms with Crippen LogP contribution in [0.15, 0.2) is 18.2 Å². The number of H-pyrrole nitrogens is 1. The summed E-state index contributed by atoms with van der Waals surface area (Å²) in [7, 11) is 2.04. The highest BCUT2D eigenvalue weighted by atomic mass is 32.2. The van der Waals surface area contributed by atoms with Gasteiger partial charge in [-0.15, -0.1) is 0 Å². The zero-order valence-corrected chi connectivity index (χ0v) is 13.3. The summed E-state index contributed by atoms with van der Waals surface area (Å²) in [6.45, 7) is 0.805. The summed E-state index contributed by atoms with van der Waals surface area (Å²) < 4.78 is 25.6. The second kappa shape index (κ2) is 6.05. The smallest absolute Gasteiger partial charge is 0.215 e. The van der Waals surface area contributed by atoms with E-state index in [1.807, 2.05) is 25.1 Å². The number of rotatable bonds is 6. The van der Waals surface area contributed by atoms with Crippen molar-refractivity contribution in [3.63, 3.8) is 0 Å². The van der Waals surface area contributed by atoms with Crippen LogP contribution in [0, 0.1) is 0 Å². The molecule has 1 aromatic heterocycles. The Morgan fingerprint density at radius 1 is 1.33 bits per heavy atom. The molecule has 0 aliphatic heterocycles. The number of nitrogens with zero attached hydrogens (tertiary/aromatic N) is 1. The highest BCUT2D eigenvalue weighted by Gasteiger charge is 2.14. The molecule has 1 aromatic carbocycles. The number of aromatic hydroxyl groups is 1. The third-order valence-electron chi connectivity index (χ3n) is 3.42. The molecule has 0 amide bonds. The molecule has 0 aliphatic rings. The molecule has 2 aromatic rings. The average Bonchev–Trinajstić information content (AvgIpc) is 2.71. The van der Waals surface area contributed by atoms with E-state index in [2.05, 4.69) is 9.71 Å². The van der Waals surface area contributed by atoms with Gasteiger partial charge in [-0.3, -0.25) is 0 Å². The van der Waals surface area contributed by atoms with E-state index < -0.39 is 10.0 Å². The van der Waals surface area contributed by atoms with Crippen LogP contribution in [0.4, 0.5) is 0 Å². The number of likely N-dealkylation sites (N-methyl/N-ethyl adjacent to an activating group) is 1. The molecule has 116 valence electrons. The molecule has 21 heavy (non-hydrogen) atoms. The lowest BCUT2D eigenvalue weighted by molar-refractivity contribution is 0.405. The van der Waals surface area contributed by atoms with Gasteiger partial charge in [0, 0.05) is 23.0 Å². The number of fused-ring (bicyclic) bond motifs is 1. The van der Waals surface area contributed by atoms with E-state index in [1.54, 1.807) is 12.1 Å². The van der Waals surface area contributed by atoms with E-state index in [-0.39, 0.29) is 11.6 Å². The zero-order valence-electron chi connectivity index (χ0n) is 12.5. The van der Waals surface area contributed by atoms with Crippen molar-refractivity contribution >= 4 is 20.9 Å². The maximum atomic E-state index is 11.6. The first kappa shape index (κ1) is 15.8. The Morgan fingerprint density at radius 3 is 2.67 bits per heavy atom. The molecule has 2 rings (SSSR count). The Labute approximate surface area is 124 Å². The third-order valence-corrected chi connectivity index (χ3v) is 4.76. The van der Waals surface area contributed by atoms with Gasteiger partial charge in [0.2, 0.25) is 10.0 Å². The Morgan fingerprint density at radius 2 is 2.05 bits per heavy atom. The first-order chi connectivity index (χ1) is 9.82. The molecule has 0 spiro atoms. The fraction of sp³-hybridized carbons (Fsp3) is 0.429. The van der Waals surface area contributed by atoms with Crippen molar-refractivity contribution in [1.29, 1.82) is 0 Å². The van der Waals surface area contributed by atoms with Crippen LogP contribution in [0.5, 0.6) is 5.88 Å². The molecule has 3 N–H and O–H groups in total. The van der Waals surface area contributed by atoms with Crippen molar-refractivity contribution in [3.8, 4) is 5.88 Å². The van der Waals surface area contributed by atoms with E-state index in [0.717, 1.165) is 23.0 Å². The molecule has 0 radical (unpaired) electrons. The Hall–Kier alpha value is -1.57. The van der Waals surface area contributed by atoms with Crippen LogP contribution in [0.1, 0.15) is 11.1 Å². The number of sulfonamides is 1. The predicted molar refractivity (Wildman–Crippen MR) is 83.9 cm³/mol. The second-order valence-corrected chi connectivity index (χ2v) is 7.28. The molecule has 0 aliphatic carbocycles. The number of hydrogen-bond donors (Lipinski definition) is 3. The van der Waals surface area contributed by atoms with Gasteiger partial charge in [0.1, 0.15) is 0 Å². The van der Waals surface area contributed by atoms with Crippen molar-refractivity contribution in [2.75, 3.05) is 27.7 Å². The lowest BCUT2D eigenvalue weighted by Gasteiger charge is -2.09. The van der Waals surface area contributed by atoms with Crippen molar-refractivity contribution in [1.82, 2.24) is 14.6 Å². The van der Waals surface area contributed by atoms with Crippen LogP contribution in [-0.4, -0.2) is 51.1 Å². The Bertz CT molecular complexity index is 735. The normalized spacial score (nSPS) is 12.4. The topological polar surface area (TPSA) is 85.4 Å². The van der Waals surface area contributed by atoms with Gasteiger partial charge in [0.15, 0.2) is 5.88 Å². The average molecular weight is 311 g/mol. The van der Waals surface area contributed by atoms with E-state index in [4.69, 9.17) is 0 Å². The monoisotopic (exact) mass is 311 g/mol. The zero-order chi connectivity index (χ0) is 15.6. The number of aromatic nitrogens is 1. The van der Waals surface area contributed by atoms with Gasteiger partial charge in [-0.2, -0.15) is 0 Å². The minimum Gasteiger partial charge on any atom is -0.494 e. The number of aromatic amines is 1. The quantitative estimate of drug-likeness (QED) is 0.744. The van der Waals surface area contributed by atoms with Crippen LogP contribution < -0.4 is 4.72 Å². The molecular formula is C14H21N3O3S. The summed E-state index contributed by atoms with van der Waals surface area (Å²) in [4.78, 5) is 4.96. The van der Waals surface area contributed by atoms with Gasteiger partial charge >= 0.3 is 0 Å². The summed E-state index contributed by atoms with van der Waals surface area (Å²) in [6.07, 6.45) is 0.696. The number of nitrogens with one attached hydrogen (secondary N) is 2. The van der Waals surface area contributed by atoms with Crippen LogP contribution in [0.3, 0.4) is 0 Å². The van der Waals surface area contributed by atoms with E-state index in [9.17, 15) is 13.5 Å². The SMILES string of the molecule is CNS(=O)(=O)Cc1ccc2[nH]c(O)c(CCN(C)C)c2c1. The summed E-state index contributed by atoms with van der Waals surface area (Å²) in [5.41, 5.74) is 2.33. The minimum atomic E-state index is -3.30. The lowest BCUT2D eigenvalue weighted by Crippen LogP contribution is -2.20. The summed E-state index contributed by atoms with van der Waals surface area (Å²) >= 11 is 0. The lowest BCUT2D eigenvalue weighted by atomic mass is 10.1. The van der Waals surface area contributed by atoms with Crippen LogP contribution in [0.2, 0.25) is 0 Å². The van der Waals surface area contributed by atoms with Crippen LogP contribution in [-0.2, 0) is 22.2 Å². The van der Waals surface area contributed by atoms with Crippen molar-refractivity contribution in [2.24, 2.45) is 0 Å². The maximum absolute atomic E-state index is 11.6. The summed E-state index contributed by atoms with van der Waals surface area (Å²) in [6, 6.07) is 5.38. The minimum absolute atomic E-state index is 0.0709. The van der Waals surface area contributed by atoms with Gasteiger partial charge in [0.05, 0.1) is 5.75 Å². The Balaban J connectivity index is 2.38. The molecular weight excluding hydrogens is 290 g/mol. The fourth-order valence-electron chi connectivity index (χ4n) is 2.25. The summed E-state index contributed by atoms with van der Waals surface area (Å²) in [5.74, 6) is 0.0823. The molecule has 0 bridgehead atoms. The van der Waals surface area contributed by atoms with Gasteiger partial charge in [-0.25, -0.2) is 13.1 Å². The van der Waals surface area contributed by atoms with E-state index in [1.165, 1.54) is 7.05 Å². The van der Waals surface area contributed by atoms with E-state index >= 15 is 0 Å². The molecule has 0 saturated carbocycles. The third kappa shape index (κ3) is 3.75. The van der Waals surface area contributed by atoms with Crippen LogP contribution in [0.25, 0.3) is 10.9 Å². The number of benzene rings is 1. The highest BCUT2D eigenvalue weighted by molar-refractivity contribution is 7.88. The van der Waals surface area contributed by atoms with Gasteiger partial charge in [-0.05, 0) is 45.3 Å². The fourth-order valence-corrected chi connectivity index (χ4v) is 3.01. The van der Waals surface area contributed by atoms with Gasteiger partial charge in [0.25, 0.3) is 0 Å². The molecule has 0 fully saturated rings. The molecule has 0 saturated heterocycles. The van der Waals surface area contributed by atoms with Crippen LogP contribution >= 0.6 is 0 Å². The molecule has 1 heterocycles. The highest BCUT2D eigenvalue weighted by Crippen LogP contribution is 2.29. The first-order valence-corrected chi connectivity index (χ1v) is 8.36. The standard InChI is InChI=1S/C14H21N3O3S/c1-15-21(19,20)9-10-4-5-13-12(8-10)11(14(18)16-13)6-7-17(2)3/h4-5,8,15-16,18H,6-7,9H2,1-3H3. The van der Waals surface area contributed by atoms with E-state index in [0.29, 0.717) is 12.0 Å². The number of hydrogen-bond acceptors (Lipinski definition) is 4. The van der Waals surface area contributed by atoms with Crippen molar-refractivity contribution in [3.05, 3.63) is 29.3 Å². The van der Waals surface area contributed by atoms with Gasteiger partial charge in [-0.1, -0.05) is 6.07 Å². The molecule has 0 atom stereocenters. The maximum Gasteiger partial charge on any atom is 0.215 e. The van der Waals surface area contributed by atoms with Gasteiger partial charge < -0.3 is 15.0 Å². The largest absolute Gasteiger partial charge is 0.494 e. The second-order valence-electron chi connectivity index (χ2n) is 5.35. The Kier molecular flexibility index (Phi) is 4.55.